The lowest BCUT2D eigenvalue weighted by Crippen LogP contribution is -2.08. The Morgan fingerprint density at radius 3 is 2.59 bits per heavy atom. The van der Waals surface area contributed by atoms with Gasteiger partial charge in [-0.25, -0.2) is 4.39 Å². The van der Waals surface area contributed by atoms with Crippen molar-refractivity contribution in [1.82, 2.24) is 0 Å². The molecule has 2 heteroatoms. The molecule has 0 spiro atoms. The van der Waals surface area contributed by atoms with Gasteiger partial charge in [0.15, 0.2) is 0 Å². The topological polar surface area (TPSA) is 23.8 Å². The van der Waals surface area contributed by atoms with Gasteiger partial charge in [0.2, 0.25) is 0 Å². The maximum Gasteiger partial charge on any atom is 0.141 e. The van der Waals surface area contributed by atoms with Gasteiger partial charge in [0.25, 0.3) is 0 Å². The fourth-order valence-electron chi connectivity index (χ4n) is 2.49. The third-order valence-corrected chi connectivity index (χ3v) is 3.56. The van der Waals surface area contributed by atoms with E-state index >= 15 is 0 Å². The summed E-state index contributed by atoms with van der Waals surface area (Å²) >= 11 is 0. The summed E-state index contributed by atoms with van der Waals surface area (Å²) in [7, 11) is 0. The Morgan fingerprint density at radius 2 is 2.00 bits per heavy atom. The van der Waals surface area contributed by atoms with Crippen molar-refractivity contribution in [1.29, 1.82) is 5.26 Å². The zero-order valence-corrected chi connectivity index (χ0v) is 9.88. The Labute approximate surface area is 102 Å². The van der Waals surface area contributed by atoms with Crippen LogP contribution in [0.4, 0.5) is 4.39 Å². The summed E-state index contributed by atoms with van der Waals surface area (Å²) in [6.07, 6.45) is 6.08. The third kappa shape index (κ3) is 2.55. The van der Waals surface area contributed by atoms with Gasteiger partial charge in [-0.2, -0.15) is 5.26 Å². The molecule has 1 aromatic carbocycles. The van der Waals surface area contributed by atoms with Crippen molar-refractivity contribution in [3.05, 3.63) is 41.7 Å². The highest BCUT2D eigenvalue weighted by Gasteiger charge is 2.18. The predicted octanol–water partition coefficient (Wildman–Crippen LogP) is 4.29. The van der Waals surface area contributed by atoms with E-state index < -0.39 is 5.82 Å². The van der Waals surface area contributed by atoms with Crippen LogP contribution in [0.5, 0.6) is 0 Å². The highest BCUT2D eigenvalue weighted by Crippen LogP contribution is 2.34. The molecule has 2 rings (SSSR count). The molecule has 1 nitrogen and oxygen atoms in total. The van der Waals surface area contributed by atoms with Crippen LogP contribution in [-0.4, -0.2) is 0 Å². The lowest BCUT2D eigenvalue weighted by Gasteiger charge is -2.24. The van der Waals surface area contributed by atoms with E-state index in [2.05, 4.69) is 6.58 Å². The Hall–Kier alpha value is -1.62. The number of benzene rings is 1. The van der Waals surface area contributed by atoms with E-state index in [4.69, 9.17) is 5.26 Å². The number of hydrogen-bond acceptors (Lipinski definition) is 1. The van der Waals surface area contributed by atoms with Gasteiger partial charge in [-0.15, -0.1) is 0 Å². The summed E-state index contributed by atoms with van der Waals surface area (Å²) in [5.41, 5.74) is 1.96. The molecule has 17 heavy (non-hydrogen) atoms. The van der Waals surface area contributed by atoms with Crippen molar-refractivity contribution in [2.45, 2.75) is 32.1 Å². The Balaban J connectivity index is 2.19. The van der Waals surface area contributed by atoms with Gasteiger partial charge in [-0.3, -0.25) is 0 Å². The first-order valence-electron chi connectivity index (χ1n) is 6.11. The zero-order chi connectivity index (χ0) is 12.3. The maximum absolute atomic E-state index is 13.5. The fraction of sp³-hybridized carbons (Fsp3) is 0.400. The minimum Gasteiger partial charge on any atom is -0.206 e. The minimum atomic E-state index is -0.443. The van der Waals surface area contributed by atoms with Gasteiger partial charge in [0.05, 0.1) is 5.56 Å². The lowest BCUT2D eigenvalue weighted by molar-refractivity contribution is 0.430. The number of hydrogen-bond donors (Lipinski definition) is 0. The normalized spacial score (nSPS) is 16.5. The summed E-state index contributed by atoms with van der Waals surface area (Å²) in [5, 5.41) is 8.68. The van der Waals surface area contributed by atoms with E-state index in [9.17, 15) is 4.39 Å². The monoisotopic (exact) mass is 229 g/mol. The highest BCUT2D eigenvalue weighted by atomic mass is 19.1. The molecule has 0 saturated heterocycles. The largest absolute Gasteiger partial charge is 0.206 e. The van der Waals surface area contributed by atoms with Crippen LogP contribution in [0.25, 0.3) is 5.57 Å². The molecule has 0 aromatic heterocycles. The summed E-state index contributed by atoms with van der Waals surface area (Å²) in [6, 6.07) is 6.62. The summed E-state index contributed by atoms with van der Waals surface area (Å²) in [4.78, 5) is 0. The van der Waals surface area contributed by atoms with Crippen molar-refractivity contribution in [3.63, 3.8) is 0 Å². The molecule has 0 aliphatic heterocycles. The van der Waals surface area contributed by atoms with Crippen LogP contribution >= 0.6 is 0 Å². The molecule has 0 N–H and O–H groups in total. The van der Waals surface area contributed by atoms with Crippen molar-refractivity contribution in [2.24, 2.45) is 5.92 Å². The van der Waals surface area contributed by atoms with Gasteiger partial charge in [0, 0.05) is 0 Å². The van der Waals surface area contributed by atoms with Gasteiger partial charge in [-0.1, -0.05) is 31.9 Å². The average Bonchev–Trinajstić information content (AvgIpc) is 2.39. The number of nitrogens with zero attached hydrogens (tertiary/aromatic N) is 1. The van der Waals surface area contributed by atoms with Crippen molar-refractivity contribution in [2.75, 3.05) is 0 Å². The Bertz CT molecular complexity index is 464. The third-order valence-electron chi connectivity index (χ3n) is 3.56. The molecule has 88 valence electrons. The number of nitriles is 1. The highest BCUT2D eigenvalue weighted by molar-refractivity contribution is 5.66. The second-order valence-corrected chi connectivity index (χ2v) is 4.67. The van der Waals surface area contributed by atoms with Gasteiger partial charge < -0.3 is 0 Å². The molecule has 0 radical (unpaired) electrons. The van der Waals surface area contributed by atoms with E-state index in [1.54, 1.807) is 12.1 Å². The van der Waals surface area contributed by atoms with Crippen molar-refractivity contribution in [3.8, 4) is 6.07 Å². The van der Waals surface area contributed by atoms with Gasteiger partial charge in [0.1, 0.15) is 11.9 Å². The van der Waals surface area contributed by atoms with Crippen LogP contribution in [0.1, 0.15) is 43.2 Å². The molecule has 1 aliphatic rings. The van der Waals surface area contributed by atoms with E-state index in [1.807, 2.05) is 6.07 Å². The first-order chi connectivity index (χ1) is 8.22. The molecular weight excluding hydrogens is 213 g/mol. The van der Waals surface area contributed by atoms with E-state index in [0.29, 0.717) is 5.92 Å². The summed E-state index contributed by atoms with van der Waals surface area (Å²) in [5.74, 6) is 0.0399. The van der Waals surface area contributed by atoms with E-state index in [0.717, 1.165) is 24.0 Å². The molecular formula is C15H16FN. The molecule has 0 bridgehead atoms. The molecule has 0 amide bonds. The van der Waals surface area contributed by atoms with E-state index in [-0.39, 0.29) is 5.56 Å². The van der Waals surface area contributed by atoms with Gasteiger partial charge >= 0.3 is 0 Å². The molecule has 0 atom stereocenters. The minimum absolute atomic E-state index is 0.102. The van der Waals surface area contributed by atoms with Gasteiger partial charge in [-0.05, 0) is 42.0 Å². The molecule has 0 heterocycles. The lowest BCUT2D eigenvalue weighted by atomic mass is 9.81. The fourth-order valence-corrected chi connectivity index (χ4v) is 2.49. The maximum atomic E-state index is 13.5. The van der Waals surface area contributed by atoms with Crippen LogP contribution in [-0.2, 0) is 0 Å². The molecule has 1 fully saturated rings. The first kappa shape index (κ1) is 11.9. The van der Waals surface area contributed by atoms with Crippen LogP contribution in [0.2, 0.25) is 0 Å². The van der Waals surface area contributed by atoms with Crippen LogP contribution < -0.4 is 0 Å². The smallest absolute Gasteiger partial charge is 0.141 e. The molecule has 1 saturated carbocycles. The average molecular weight is 229 g/mol. The van der Waals surface area contributed by atoms with E-state index in [1.165, 1.54) is 25.3 Å². The quantitative estimate of drug-likeness (QED) is 0.742. The molecule has 1 aromatic rings. The second kappa shape index (κ2) is 5.14. The standard InChI is InChI=1S/C15H16FN/c1-11(12-5-3-2-4-6-12)13-7-8-14(10-17)15(16)9-13/h7-9,12H,1-6H2. The van der Waals surface area contributed by atoms with Crippen molar-refractivity contribution >= 4 is 5.57 Å². The second-order valence-electron chi connectivity index (χ2n) is 4.67. The number of rotatable bonds is 2. The Kier molecular flexibility index (Phi) is 3.58. The van der Waals surface area contributed by atoms with Crippen molar-refractivity contribution < 1.29 is 4.39 Å². The zero-order valence-electron chi connectivity index (χ0n) is 9.88. The SMILES string of the molecule is C=C(c1ccc(C#N)c(F)c1)C1CCCCC1. The molecule has 0 unspecified atom stereocenters. The predicted molar refractivity (Wildman–Crippen MR) is 66.7 cm³/mol. The summed E-state index contributed by atoms with van der Waals surface area (Å²) in [6.45, 7) is 4.10. The van der Waals surface area contributed by atoms with Crippen LogP contribution in [0, 0.1) is 23.1 Å². The Morgan fingerprint density at radius 1 is 1.29 bits per heavy atom. The number of allylic oxidation sites excluding steroid dienone is 1. The van der Waals surface area contributed by atoms with Crippen LogP contribution in [0.15, 0.2) is 24.8 Å². The number of halogens is 1. The molecule has 1 aliphatic carbocycles. The van der Waals surface area contributed by atoms with Crippen LogP contribution in [0.3, 0.4) is 0 Å². The first-order valence-corrected chi connectivity index (χ1v) is 6.11. The summed E-state index contributed by atoms with van der Waals surface area (Å²) < 4.78 is 13.5.